The van der Waals surface area contributed by atoms with Crippen molar-refractivity contribution in [3.05, 3.63) is 23.8 Å². The summed E-state index contributed by atoms with van der Waals surface area (Å²) in [6.07, 6.45) is 1.95. The van der Waals surface area contributed by atoms with Crippen LogP contribution in [-0.2, 0) is 20.8 Å². The van der Waals surface area contributed by atoms with Crippen molar-refractivity contribution in [1.29, 1.82) is 0 Å². The lowest BCUT2D eigenvalue weighted by Crippen LogP contribution is -2.44. The molecule has 0 N–H and O–H groups in total. The maximum atomic E-state index is 13.1. The molecule has 0 aromatic heterocycles. The van der Waals surface area contributed by atoms with Gasteiger partial charge in [-0.3, -0.25) is 9.69 Å². The summed E-state index contributed by atoms with van der Waals surface area (Å²) in [6.45, 7) is 2.74. The van der Waals surface area contributed by atoms with Crippen LogP contribution in [0.2, 0.25) is 0 Å². The molecule has 3 aliphatic rings. The summed E-state index contributed by atoms with van der Waals surface area (Å²) in [4.78, 5) is 28.9. The predicted octanol–water partition coefficient (Wildman–Crippen LogP) is 2.18. The zero-order valence-electron chi connectivity index (χ0n) is 15.0. The molecule has 7 nitrogen and oxygen atoms in total. The second kappa shape index (κ2) is 7.15. The summed E-state index contributed by atoms with van der Waals surface area (Å²) < 4.78 is 16.0. The van der Waals surface area contributed by atoms with Crippen molar-refractivity contribution in [2.45, 2.75) is 31.8 Å². The lowest BCUT2D eigenvalue weighted by Gasteiger charge is -2.35. The lowest BCUT2D eigenvalue weighted by atomic mass is 9.97. The number of anilines is 1. The van der Waals surface area contributed by atoms with Gasteiger partial charge in [-0.2, -0.15) is 0 Å². The number of ether oxygens (including phenoxy) is 3. The fourth-order valence-electron chi connectivity index (χ4n) is 4.00. The molecule has 0 bridgehead atoms. The first-order chi connectivity index (χ1) is 12.7. The molecule has 3 heterocycles. The third-order valence-electron chi connectivity index (χ3n) is 5.48. The number of fused-ring (bicyclic) bond motifs is 3. The summed E-state index contributed by atoms with van der Waals surface area (Å²) in [5.41, 5.74) is 1.72. The van der Waals surface area contributed by atoms with E-state index in [9.17, 15) is 9.59 Å². The number of carbonyl (C=O) groups excluding carboxylic acids is 2. The first-order valence-corrected chi connectivity index (χ1v) is 9.17. The van der Waals surface area contributed by atoms with Gasteiger partial charge in [0.25, 0.3) is 0 Å². The molecule has 26 heavy (non-hydrogen) atoms. The molecule has 2 saturated heterocycles. The van der Waals surface area contributed by atoms with Crippen LogP contribution in [-0.4, -0.2) is 56.4 Å². The molecule has 1 atom stereocenters. The van der Waals surface area contributed by atoms with Crippen molar-refractivity contribution >= 4 is 17.7 Å². The molecule has 1 unspecified atom stereocenters. The summed E-state index contributed by atoms with van der Waals surface area (Å²) >= 11 is 0. The molecule has 2 fully saturated rings. The Balaban J connectivity index is 1.65. The smallest absolute Gasteiger partial charge is 0.414 e. The summed E-state index contributed by atoms with van der Waals surface area (Å²) in [5.74, 6) is 0.919. The van der Waals surface area contributed by atoms with E-state index in [-0.39, 0.29) is 24.0 Å². The fraction of sp³-hybridized carbons (Fsp3) is 0.579. The third kappa shape index (κ3) is 3.11. The molecule has 3 aliphatic heterocycles. The third-order valence-corrected chi connectivity index (χ3v) is 5.48. The van der Waals surface area contributed by atoms with Gasteiger partial charge in [-0.1, -0.05) is 0 Å². The number of methoxy groups -OCH3 is 1. The first kappa shape index (κ1) is 17.1. The highest BCUT2D eigenvalue weighted by molar-refractivity contribution is 5.91. The maximum absolute atomic E-state index is 13.1. The van der Waals surface area contributed by atoms with Crippen LogP contribution < -0.4 is 9.64 Å². The second-order valence-corrected chi connectivity index (χ2v) is 7.03. The Bertz CT molecular complexity index is 701. The number of carbonyl (C=O) groups is 2. The lowest BCUT2D eigenvalue weighted by molar-refractivity contribution is -0.139. The number of amides is 2. The maximum Gasteiger partial charge on any atom is 0.414 e. The standard InChI is InChI=1S/C19H24N2O5/c1-24-16-2-3-17-14(10-16)11-20(18(22)13-5-8-25-9-6-13)7-4-15-12-26-19(23)21(15)17/h2-3,10,13,15H,4-9,11-12H2,1H3. The Morgan fingerprint density at radius 3 is 2.81 bits per heavy atom. The fourth-order valence-corrected chi connectivity index (χ4v) is 4.00. The van der Waals surface area contributed by atoms with E-state index in [0.29, 0.717) is 45.1 Å². The van der Waals surface area contributed by atoms with Gasteiger partial charge in [0.15, 0.2) is 0 Å². The van der Waals surface area contributed by atoms with Crippen LogP contribution in [0.3, 0.4) is 0 Å². The Kier molecular flexibility index (Phi) is 4.72. The van der Waals surface area contributed by atoms with Gasteiger partial charge in [0, 0.05) is 32.2 Å². The predicted molar refractivity (Wildman–Crippen MR) is 94.2 cm³/mol. The zero-order chi connectivity index (χ0) is 18.1. The Morgan fingerprint density at radius 2 is 2.04 bits per heavy atom. The number of nitrogens with zero attached hydrogens (tertiary/aromatic N) is 2. The van der Waals surface area contributed by atoms with Crippen LogP contribution in [0.1, 0.15) is 24.8 Å². The summed E-state index contributed by atoms with van der Waals surface area (Å²) in [6, 6.07) is 5.59. The highest BCUT2D eigenvalue weighted by Crippen LogP contribution is 2.34. The first-order valence-electron chi connectivity index (χ1n) is 9.17. The quantitative estimate of drug-likeness (QED) is 0.809. The number of hydrogen-bond donors (Lipinski definition) is 0. The van der Waals surface area contributed by atoms with Crippen LogP contribution in [0.5, 0.6) is 5.75 Å². The molecule has 7 heteroatoms. The van der Waals surface area contributed by atoms with Crippen molar-refractivity contribution in [2.24, 2.45) is 5.92 Å². The molecule has 1 aromatic carbocycles. The molecule has 0 radical (unpaired) electrons. The Labute approximate surface area is 152 Å². The van der Waals surface area contributed by atoms with Crippen LogP contribution in [0, 0.1) is 5.92 Å². The van der Waals surface area contributed by atoms with Crippen molar-refractivity contribution < 1.29 is 23.8 Å². The number of benzene rings is 1. The molecule has 1 aromatic rings. The highest BCUT2D eigenvalue weighted by atomic mass is 16.6. The Hall–Kier alpha value is -2.28. The van der Waals surface area contributed by atoms with E-state index in [0.717, 1.165) is 24.1 Å². The van der Waals surface area contributed by atoms with E-state index in [1.54, 1.807) is 12.0 Å². The normalized spacial score (nSPS) is 23.6. The minimum absolute atomic E-state index is 0.0230. The topological polar surface area (TPSA) is 68.3 Å². The Morgan fingerprint density at radius 1 is 1.23 bits per heavy atom. The van der Waals surface area contributed by atoms with Crippen molar-refractivity contribution in [3.63, 3.8) is 0 Å². The monoisotopic (exact) mass is 360 g/mol. The molecular formula is C19H24N2O5. The van der Waals surface area contributed by atoms with Gasteiger partial charge in [-0.25, -0.2) is 4.79 Å². The van der Waals surface area contributed by atoms with E-state index < -0.39 is 0 Å². The average molecular weight is 360 g/mol. The summed E-state index contributed by atoms with van der Waals surface area (Å²) in [7, 11) is 1.61. The minimum atomic E-state index is -0.314. The second-order valence-electron chi connectivity index (χ2n) is 7.03. The van der Waals surface area contributed by atoms with Crippen LogP contribution in [0.15, 0.2) is 18.2 Å². The molecule has 140 valence electrons. The van der Waals surface area contributed by atoms with E-state index in [4.69, 9.17) is 14.2 Å². The van der Waals surface area contributed by atoms with E-state index in [2.05, 4.69) is 0 Å². The highest BCUT2D eigenvalue weighted by Gasteiger charge is 2.38. The van der Waals surface area contributed by atoms with Gasteiger partial charge in [0.1, 0.15) is 12.4 Å². The van der Waals surface area contributed by atoms with Crippen molar-refractivity contribution in [2.75, 3.05) is 38.4 Å². The zero-order valence-corrected chi connectivity index (χ0v) is 15.0. The van der Waals surface area contributed by atoms with Crippen molar-refractivity contribution in [1.82, 2.24) is 4.90 Å². The van der Waals surface area contributed by atoms with Gasteiger partial charge < -0.3 is 19.1 Å². The number of cyclic esters (lactones) is 1. The van der Waals surface area contributed by atoms with Crippen LogP contribution in [0.25, 0.3) is 0 Å². The van der Waals surface area contributed by atoms with E-state index >= 15 is 0 Å². The van der Waals surface area contributed by atoms with Crippen LogP contribution >= 0.6 is 0 Å². The SMILES string of the molecule is COc1ccc2c(c1)CN(C(=O)C1CCOCC1)CCC1COC(=O)N21. The largest absolute Gasteiger partial charge is 0.497 e. The number of hydrogen-bond acceptors (Lipinski definition) is 5. The molecule has 2 amide bonds. The van der Waals surface area contributed by atoms with Gasteiger partial charge >= 0.3 is 6.09 Å². The minimum Gasteiger partial charge on any atom is -0.497 e. The van der Waals surface area contributed by atoms with E-state index in [1.165, 1.54) is 0 Å². The van der Waals surface area contributed by atoms with Gasteiger partial charge in [0.05, 0.1) is 18.8 Å². The molecular weight excluding hydrogens is 336 g/mol. The van der Waals surface area contributed by atoms with Crippen molar-refractivity contribution in [3.8, 4) is 5.75 Å². The van der Waals surface area contributed by atoms with Gasteiger partial charge in [-0.05, 0) is 43.0 Å². The number of rotatable bonds is 2. The van der Waals surface area contributed by atoms with Gasteiger partial charge in [0.2, 0.25) is 5.91 Å². The van der Waals surface area contributed by atoms with E-state index in [1.807, 2.05) is 23.1 Å². The van der Waals surface area contributed by atoms with Crippen LogP contribution in [0.4, 0.5) is 10.5 Å². The molecule has 0 spiro atoms. The summed E-state index contributed by atoms with van der Waals surface area (Å²) in [5, 5.41) is 0. The van der Waals surface area contributed by atoms with Gasteiger partial charge in [-0.15, -0.1) is 0 Å². The molecule has 0 saturated carbocycles. The molecule has 4 rings (SSSR count). The average Bonchev–Trinajstić information content (AvgIpc) is 3.03. The molecule has 0 aliphatic carbocycles.